The molecule has 0 saturated heterocycles. The number of anilines is 1. The highest BCUT2D eigenvalue weighted by molar-refractivity contribution is 7.94. The first-order valence-electron chi connectivity index (χ1n) is 8.56. The van der Waals surface area contributed by atoms with Crippen LogP contribution in [0.5, 0.6) is 17.2 Å². The lowest BCUT2D eigenvalue weighted by atomic mass is 10.2. The second-order valence-corrected chi connectivity index (χ2v) is 8.06. The molecule has 1 heterocycles. The smallest absolute Gasteiger partial charge is 0.265 e. The fraction of sp³-hybridized carbons (Fsp3) is 0.250. The molecule has 0 spiro atoms. The highest BCUT2D eigenvalue weighted by atomic mass is 32.2. The number of rotatable bonds is 7. The van der Waals surface area contributed by atoms with Gasteiger partial charge in [0.2, 0.25) is 0 Å². The molecular weight excluding hydrogens is 382 g/mol. The largest absolute Gasteiger partial charge is 0.497 e. The summed E-state index contributed by atoms with van der Waals surface area (Å²) in [5, 5.41) is 1.13. The Hall–Kier alpha value is -3.00. The Morgan fingerprint density at radius 3 is 2.43 bits per heavy atom. The highest BCUT2D eigenvalue weighted by Crippen LogP contribution is 2.35. The normalized spacial score (nSPS) is 17.1. The number of carbonyl (C=O) groups excluding carboxylic acids is 1. The first-order valence-corrected chi connectivity index (χ1v) is 10.3. The first kappa shape index (κ1) is 19.8. The molecule has 0 unspecified atom stereocenters. The Bertz CT molecular complexity index is 971. The summed E-state index contributed by atoms with van der Waals surface area (Å²) < 4.78 is 40.0. The van der Waals surface area contributed by atoms with Gasteiger partial charge < -0.3 is 14.2 Å². The number of hydrogen-bond donors (Lipinski definition) is 0. The minimum atomic E-state index is -3.36. The van der Waals surface area contributed by atoms with Crippen LogP contribution >= 0.6 is 0 Å². The topological polar surface area (TPSA) is 82.1 Å². The highest BCUT2D eigenvalue weighted by Gasteiger charge is 2.33. The molecule has 0 bridgehead atoms. The molecule has 1 amide bonds. The van der Waals surface area contributed by atoms with Gasteiger partial charge in [0.15, 0.2) is 16.4 Å². The number of hydrogen-bond acceptors (Lipinski definition) is 6. The van der Waals surface area contributed by atoms with Gasteiger partial charge in [0, 0.05) is 11.5 Å². The van der Waals surface area contributed by atoms with E-state index in [-0.39, 0.29) is 18.3 Å². The number of carbonyl (C=O) groups is 1. The molecule has 1 aliphatic heterocycles. The van der Waals surface area contributed by atoms with Gasteiger partial charge in [0.25, 0.3) is 5.91 Å². The van der Waals surface area contributed by atoms with Gasteiger partial charge in [-0.3, -0.25) is 9.69 Å². The Labute approximate surface area is 164 Å². The molecule has 0 aromatic heterocycles. The standard InChI is InChI=1S/C20H21NO6S/c1-25-17-8-9-18(19(12-17)26-2)21(15-10-11-28(23,24)14-15)20(22)13-27-16-6-4-3-5-7-16/h3-12,15H,13-14H2,1-2H3/t15-/m1/s1. The van der Waals surface area contributed by atoms with Crippen LogP contribution in [0.3, 0.4) is 0 Å². The molecule has 7 nitrogen and oxygen atoms in total. The van der Waals surface area contributed by atoms with E-state index in [2.05, 4.69) is 0 Å². The van der Waals surface area contributed by atoms with E-state index in [0.717, 1.165) is 5.41 Å². The summed E-state index contributed by atoms with van der Waals surface area (Å²) in [4.78, 5) is 14.4. The van der Waals surface area contributed by atoms with E-state index in [0.29, 0.717) is 22.9 Å². The molecule has 28 heavy (non-hydrogen) atoms. The second kappa shape index (κ2) is 8.35. The van der Waals surface area contributed by atoms with E-state index < -0.39 is 15.9 Å². The summed E-state index contributed by atoms with van der Waals surface area (Å²) >= 11 is 0. The zero-order valence-electron chi connectivity index (χ0n) is 15.6. The number of nitrogens with zero attached hydrogens (tertiary/aromatic N) is 1. The molecule has 148 valence electrons. The maximum atomic E-state index is 13.0. The lowest BCUT2D eigenvalue weighted by Gasteiger charge is -2.29. The SMILES string of the molecule is COc1ccc(N(C(=O)COc2ccccc2)[C@@H]2C=CS(=O)(=O)C2)c(OC)c1. The van der Waals surface area contributed by atoms with E-state index in [4.69, 9.17) is 14.2 Å². The Morgan fingerprint density at radius 2 is 1.82 bits per heavy atom. The Kier molecular flexibility index (Phi) is 5.89. The van der Waals surface area contributed by atoms with Gasteiger partial charge in [-0.25, -0.2) is 8.42 Å². The third-order valence-electron chi connectivity index (χ3n) is 4.26. The van der Waals surface area contributed by atoms with Gasteiger partial charge in [-0.05, 0) is 30.3 Å². The van der Waals surface area contributed by atoms with Crippen molar-refractivity contribution in [3.8, 4) is 17.2 Å². The summed E-state index contributed by atoms with van der Waals surface area (Å²) in [6.07, 6.45) is 1.50. The molecule has 0 N–H and O–H groups in total. The number of ether oxygens (including phenoxy) is 3. The van der Waals surface area contributed by atoms with Crippen LogP contribution in [-0.4, -0.2) is 46.9 Å². The predicted octanol–water partition coefficient (Wildman–Crippen LogP) is 2.43. The predicted molar refractivity (Wildman–Crippen MR) is 106 cm³/mol. The zero-order valence-corrected chi connectivity index (χ0v) is 16.4. The Morgan fingerprint density at radius 1 is 1.07 bits per heavy atom. The van der Waals surface area contributed by atoms with Crippen molar-refractivity contribution in [1.82, 2.24) is 0 Å². The first-order chi connectivity index (χ1) is 13.4. The molecule has 3 rings (SSSR count). The van der Waals surface area contributed by atoms with E-state index in [1.165, 1.54) is 25.2 Å². The molecular formula is C20H21NO6S. The van der Waals surface area contributed by atoms with Crippen molar-refractivity contribution < 1.29 is 27.4 Å². The van der Waals surface area contributed by atoms with Crippen molar-refractivity contribution in [3.63, 3.8) is 0 Å². The molecule has 1 aliphatic rings. The van der Waals surface area contributed by atoms with Crippen LogP contribution in [0.25, 0.3) is 0 Å². The maximum Gasteiger partial charge on any atom is 0.265 e. The van der Waals surface area contributed by atoms with E-state index >= 15 is 0 Å². The number of methoxy groups -OCH3 is 2. The fourth-order valence-electron chi connectivity index (χ4n) is 2.93. The summed E-state index contributed by atoms with van der Waals surface area (Å²) in [6, 6.07) is 13.3. The van der Waals surface area contributed by atoms with E-state index in [1.54, 1.807) is 42.5 Å². The molecule has 2 aromatic rings. The fourth-order valence-corrected chi connectivity index (χ4v) is 4.20. The van der Waals surface area contributed by atoms with Gasteiger partial charge in [-0.2, -0.15) is 0 Å². The van der Waals surface area contributed by atoms with Crippen LogP contribution in [-0.2, 0) is 14.6 Å². The quantitative estimate of drug-likeness (QED) is 0.706. The average Bonchev–Trinajstić information content (AvgIpc) is 3.06. The number of amides is 1. The van der Waals surface area contributed by atoms with Gasteiger partial charge in [0.1, 0.15) is 17.2 Å². The van der Waals surface area contributed by atoms with E-state index in [9.17, 15) is 13.2 Å². The van der Waals surface area contributed by atoms with Gasteiger partial charge in [-0.15, -0.1) is 0 Å². The third-order valence-corrected chi connectivity index (χ3v) is 5.64. The molecule has 0 fully saturated rings. The van der Waals surface area contributed by atoms with Crippen LogP contribution in [0.4, 0.5) is 5.69 Å². The summed E-state index contributed by atoms with van der Waals surface area (Å²) in [7, 11) is -0.362. The Balaban J connectivity index is 1.91. The number of sulfone groups is 1. The molecule has 1 atom stereocenters. The van der Waals surface area contributed by atoms with E-state index in [1.807, 2.05) is 6.07 Å². The molecule has 0 radical (unpaired) electrons. The second-order valence-electron chi connectivity index (χ2n) is 6.13. The van der Waals surface area contributed by atoms with Gasteiger partial charge in [-0.1, -0.05) is 18.2 Å². The monoisotopic (exact) mass is 403 g/mol. The van der Waals surface area contributed by atoms with Crippen molar-refractivity contribution in [2.75, 3.05) is 31.5 Å². The van der Waals surface area contributed by atoms with Crippen LogP contribution in [0.15, 0.2) is 60.0 Å². The van der Waals surface area contributed by atoms with Crippen molar-refractivity contribution in [1.29, 1.82) is 0 Å². The number of benzene rings is 2. The van der Waals surface area contributed by atoms with Crippen molar-refractivity contribution in [3.05, 3.63) is 60.0 Å². The minimum Gasteiger partial charge on any atom is -0.497 e. The van der Waals surface area contributed by atoms with Crippen LogP contribution in [0.2, 0.25) is 0 Å². The van der Waals surface area contributed by atoms with Gasteiger partial charge >= 0.3 is 0 Å². The molecule has 2 aromatic carbocycles. The zero-order chi connectivity index (χ0) is 20.1. The summed E-state index contributed by atoms with van der Waals surface area (Å²) in [6.45, 7) is -0.246. The van der Waals surface area contributed by atoms with Crippen LogP contribution in [0.1, 0.15) is 0 Å². The lowest BCUT2D eigenvalue weighted by molar-refractivity contribution is -0.120. The van der Waals surface area contributed by atoms with Crippen molar-refractivity contribution >= 4 is 21.4 Å². The molecule has 0 saturated carbocycles. The number of para-hydroxylation sites is 1. The van der Waals surface area contributed by atoms with Gasteiger partial charge in [0.05, 0.1) is 31.7 Å². The molecule has 8 heteroatoms. The lowest BCUT2D eigenvalue weighted by Crippen LogP contribution is -2.43. The minimum absolute atomic E-state index is 0.195. The average molecular weight is 403 g/mol. The van der Waals surface area contributed by atoms with Crippen LogP contribution in [0, 0.1) is 0 Å². The summed E-state index contributed by atoms with van der Waals surface area (Å²) in [5.74, 6) is 0.915. The van der Waals surface area contributed by atoms with Crippen molar-refractivity contribution in [2.24, 2.45) is 0 Å². The molecule has 0 aliphatic carbocycles. The summed E-state index contributed by atoms with van der Waals surface area (Å²) in [5.41, 5.74) is 0.441. The van der Waals surface area contributed by atoms with Crippen LogP contribution < -0.4 is 19.1 Å². The third kappa shape index (κ3) is 4.45. The maximum absolute atomic E-state index is 13.0. The van der Waals surface area contributed by atoms with Crippen molar-refractivity contribution in [2.45, 2.75) is 6.04 Å².